The van der Waals surface area contributed by atoms with Gasteiger partial charge in [-0.2, -0.15) is 0 Å². The molecule has 4 rings (SSSR count). The van der Waals surface area contributed by atoms with Crippen LogP contribution in [0, 0.1) is 6.92 Å². The number of benzene rings is 3. The molecule has 1 heterocycles. The Kier molecular flexibility index (Phi) is 6.41. The van der Waals surface area contributed by atoms with E-state index in [9.17, 15) is 9.59 Å². The van der Waals surface area contributed by atoms with Crippen LogP contribution >= 0.6 is 0 Å². The SMILES string of the molecule is C=CC(=O)OCCCc1ccc(-c2ccc3c(c2)oc2c(C)c(OC(=O)C=C)ccc23)cc1. The summed E-state index contributed by atoms with van der Waals surface area (Å²) in [4.78, 5) is 22.7. The van der Waals surface area contributed by atoms with E-state index in [0.717, 1.165) is 52.0 Å². The monoisotopic (exact) mass is 440 g/mol. The molecular weight excluding hydrogens is 416 g/mol. The van der Waals surface area contributed by atoms with E-state index in [0.29, 0.717) is 17.9 Å². The second-order valence-electron chi connectivity index (χ2n) is 7.68. The molecule has 4 aromatic rings. The maximum Gasteiger partial charge on any atom is 0.335 e. The molecule has 0 N–H and O–H groups in total. The van der Waals surface area contributed by atoms with Crippen molar-refractivity contribution in [2.45, 2.75) is 19.8 Å². The molecule has 0 aliphatic heterocycles. The Morgan fingerprint density at radius 2 is 1.61 bits per heavy atom. The number of esters is 2. The van der Waals surface area contributed by atoms with Gasteiger partial charge in [0.15, 0.2) is 0 Å². The van der Waals surface area contributed by atoms with Crippen molar-refractivity contribution in [1.29, 1.82) is 0 Å². The fraction of sp³-hybridized carbons (Fsp3) is 0.143. The minimum Gasteiger partial charge on any atom is -0.463 e. The van der Waals surface area contributed by atoms with Crippen molar-refractivity contribution in [3.8, 4) is 16.9 Å². The van der Waals surface area contributed by atoms with Crippen LogP contribution in [0.3, 0.4) is 0 Å². The van der Waals surface area contributed by atoms with E-state index in [1.807, 2.05) is 25.1 Å². The van der Waals surface area contributed by atoms with Gasteiger partial charge in [-0.3, -0.25) is 0 Å². The molecule has 0 radical (unpaired) electrons. The van der Waals surface area contributed by atoms with E-state index in [4.69, 9.17) is 13.9 Å². The zero-order valence-corrected chi connectivity index (χ0v) is 18.4. The molecule has 0 aliphatic rings. The van der Waals surface area contributed by atoms with Crippen LogP contribution in [0.15, 0.2) is 84.3 Å². The Morgan fingerprint density at radius 1 is 0.909 bits per heavy atom. The molecule has 33 heavy (non-hydrogen) atoms. The molecule has 0 fully saturated rings. The van der Waals surface area contributed by atoms with Gasteiger partial charge in [-0.1, -0.05) is 43.5 Å². The van der Waals surface area contributed by atoms with E-state index in [2.05, 4.69) is 43.5 Å². The molecule has 0 saturated carbocycles. The predicted octanol–water partition coefficient (Wildman–Crippen LogP) is 6.31. The number of carbonyl (C=O) groups excluding carboxylic acids is 2. The van der Waals surface area contributed by atoms with Gasteiger partial charge in [0.1, 0.15) is 16.9 Å². The van der Waals surface area contributed by atoms with Gasteiger partial charge < -0.3 is 13.9 Å². The summed E-state index contributed by atoms with van der Waals surface area (Å²) in [5.41, 5.74) is 5.54. The largest absolute Gasteiger partial charge is 0.463 e. The summed E-state index contributed by atoms with van der Waals surface area (Å²) in [6.07, 6.45) is 3.89. The van der Waals surface area contributed by atoms with E-state index < -0.39 is 11.9 Å². The molecule has 0 bridgehead atoms. The number of hydrogen-bond donors (Lipinski definition) is 0. The minimum atomic E-state index is -0.503. The van der Waals surface area contributed by atoms with E-state index >= 15 is 0 Å². The first-order valence-electron chi connectivity index (χ1n) is 10.7. The third-order valence-corrected chi connectivity index (χ3v) is 5.53. The molecule has 5 nitrogen and oxygen atoms in total. The first kappa shape index (κ1) is 22.1. The zero-order chi connectivity index (χ0) is 23.4. The Labute approximate surface area is 191 Å². The Hall–Kier alpha value is -4.12. The number of fused-ring (bicyclic) bond motifs is 3. The normalized spacial score (nSPS) is 10.8. The third kappa shape index (κ3) is 4.72. The van der Waals surface area contributed by atoms with Crippen LogP contribution in [-0.2, 0) is 20.7 Å². The number of aryl methyl sites for hydroxylation is 2. The van der Waals surface area contributed by atoms with Crippen LogP contribution < -0.4 is 4.74 Å². The predicted molar refractivity (Wildman–Crippen MR) is 129 cm³/mol. The molecule has 5 heteroatoms. The number of rotatable bonds is 8. The second kappa shape index (κ2) is 9.57. The molecule has 0 amide bonds. The molecule has 1 aromatic heterocycles. The Balaban J connectivity index is 1.55. The second-order valence-corrected chi connectivity index (χ2v) is 7.68. The van der Waals surface area contributed by atoms with Gasteiger partial charge in [0.2, 0.25) is 0 Å². The van der Waals surface area contributed by atoms with Gasteiger partial charge in [0.05, 0.1) is 6.61 Å². The van der Waals surface area contributed by atoms with Gasteiger partial charge in [-0.25, -0.2) is 9.59 Å². The lowest BCUT2D eigenvalue weighted by Crippen LogP contribution is -2.04. The quantitative estimate of drug-likeness (QED) is 0.139. The Morgan fingerprint density at radius 3 is 2.33 bits per heavy atom. The topological polar surface area (TPSA) is 65.7 Å². The summed E-state index contributed by atoms with van der Waals surface area (Å²) in [5.74, 6) is -0.436. The highest BCUT2D eigenvalue weighted by atomic mass is 16.5. The summed E-state index contributed by atoms with van der Waals surface area (Å²) in [6, 6.07) is 18.1. The summed E-state index contributed by atoms with van der Waals surface area (Å²) in [6.45, 7) is 9.07. The lowest BCUT2D eigenvalue weighted by Gasteiger charge is -2.05. The first-order chi connectivity index (χ1) is 16.0. The first-order valence-corrected chi connectivity index (χ1v) is 10.7. The van der Waals surface area contributed by atoms with Gasteiger partial charge in [0.25, 0.3) is 0 Å². The van der Waals surface area contributed by atoms with Crippen LogP contribution in [0.5, 0.6) is 5.75 Å². The molecule has 0 atom stereocenters. The fourth-order valence-electron chi connectivity index (χ4n) is 3.77. The zero-order valence-electron chi connectivity index (χ0n) is 18.4. The summed E-state index contributed by atoms with van der Waals surface area (Å²) in [7, 11) is 0. The minimum absolute atomic E-state index is 0.378. The van der Waals surface area contributed by atoms with Gasteiger partial charge in [-0.05, 0) is 60.7 Å². The van der Waals surface area contributed by atoms with Crippen molar-refractivity contribution in [2.24, 2.45) is 0 Å². The summed E-state index contributed by atoms with van der Waals surface area (Å²) < 4.78 is 16.5. The fourth-order valence-corrected chi connectivity index (χ4v) is 3.77. The highest BCUT2D eigenvalue weighted by molar-refractivity contribution is 6.07. The molecule has 0 saturated heterocycles. The lowest BCUT2D eigenvalue weighted by molar-refractivity contribution is -0.137. The number of carbonyl (C=O) groups is 2. The summed E-state index contributed by atoms with van der Waals surface area (Å²) >= 11 is 0. The van der Waals surface area contributed by atoms with E-state index in [-0.39, 0.29) is 0 Å². The van der Waals surface area contributed by atoms with E-state index in [1.54, 1.807) is 6.07 Å². The highest BCUT2D eigenvalue weighted by Gasteiger charge is 2.14. The van der Waals surface area contributed by atoms with Crippen molar-refractivity contribution in [1.82, 2.24) is 0 Å². The molecule has 166 valence electrons. The molecule has 3 aromatic carbocycles. The molecular formula is C28H24O5. The maximum absolute atomic E-state index is 11.6. The molecule has 0 aliphatic carbocycles. The summed E-state index contributed by atoms with van der Waals surface area (Å²) in [5, 5.41) is 1.98. The van der Waals surface area contributed by atoms with Crippen molar-refractivity contribution < 1.29 is 23.5 Å². The van der Waals surface area contributed by atoms with Gasteiger partial charge in [-0.15, -0.1) is 0 Å². The average Bonchev–Trinajstić information content (AvgIpc) is 3.22. The molecule has 0 unspecified atom stereocenters. The van der Waals surface area contributed by atoms with Crippen LogP contribution in [-0.4, -0.2) is 18.5 Å². The Bertz CT molecular complexity index is 1360. The van der Waals surface area contributed by atoms with Gasteiger partial charge in [0, 0.05) is 28.5 Å². The van der Waals surface area contributed by atoms with Gasteiger partial charge >= 0.3 is 11.9 Å². The number of hydrogen-bond acceptors (Lipinski definition) is 5. The lowest BCUT2D eigenvalue weighted by atomic mass is 10.0. The van der Waals surface area contributed by atoms with Crippen LogP contribution in [0.25, 0.3) is 33.1 Å². The highest BCUT2D eigenvalue weighted by Crippen LogP contribution is 2.36. The number of furan rings is 1. The number of ether oxygens (including phenoxy) is 2. The standard InChI is InChI=1S/C28H24O5/c1-4-26(29)31-16-6-7-19-8-10-20(11-9-19)21-12-13-22-23-14-15-24(32-27(30)5-2)18(3)28(23)33-25(22)17-21/h4-5,8-15,17H,1-2,6-7,16H2,3H3. The van der Waals surface area contributed by atoms with E-state index in [1.165, 1.54) is 11.6 Å². The van der Waals surface area contributed by atoms with Crippen molar-refractivity contribution >= 4 is 33.9 Å². The molecule has 0 spiro atoms. The smallest absolute Gasteiger partial charge is 0.335 e. The van der Waals surface area contributed by atoms with Crippen LogP contribution in [0.2, 0.25) is 0 Å². The average molecular weight is 440 g/mol. The third-order valence-electron chi connectivity index (χ3n) is 5.53. The van der Waals surface area contributed by atoms with Crippen molar-refractivity contribution in [3.05, 3.63) is 91.0 Å². The van der Waals surface area contributed by atoms with Crippen LogP contribution in [0.4, 0.5) is 0 Å². The maximum atomic E-state index is 11.6. The van der Waals surface area contributed by atoms with Crippen LogP contribution in [0.1, 0.15) is 17.5 Å². The van der Waals surface area contributed by atoms with Crippen molar-refractivity contribution in [3.63, 3.8) is 0 Å². The van der Waals surface area contributed by atoms with Crippen molar-refractivity contribution in [2.75, 3.05) is 6.61 Å².